The Morgan fingerprint density at radius 1 is 1.29 bits per heavy atom. The molecule has 1 atom stereocenters. The number of carbonyl (C=O) groups excluding carboxylic acids is 2. The fraction of sp³-hybridized carbons (Fsp3) is 0.786. The summed E-state index contributed by atoms with van der Waals surface area (Å²) >= 11 is 1.54. The van der Waals surface area contributed by atoms with Crippen LogP contribution in [0, 0.1) is 5.92 Å². The summed E-state index contributed by atoms with van der Waals surface area (Å²) in [6.45, 7) is 0.260. The normalized spacial score (nSPS) is 16.4. The fourth-order valence-corrected chi connectivity index (χ4v) is 2.86. The van der Waals surface area contributed by atoms with Crippen molar-refractivity contribution in [2.45, 2.75) is 44.6 Å². The largest absolute Gasteiger partial charge is 0.480 e. The number of thioether (sulfide) groups is 1. The molecule has 1 aliphatic carbocycles. The molecule has 1 rings (SSSR count). The molecule has 0 aromatic rings. The first-order valence-electron chi connectivity index (χ1n) is 7.33. The highest BCUT2D eigenvalue weighted by Gasteiger charge is 2.23. The number of carbonyl (C=O) groups is 3. The van der Waals surface area contributed by atoms with Crippen molar-refractivity contribution in [2.24, 2.45) is 5.92 Å². The smallest absolute Gasteiger partial charge is 0.326 e. The van der Waals surface area contributed by atoms with Gasteiger partial charge in [0.05, 0.1) is 0 Å². The van der Waals surface area contributed by atoms with E-state index in [0.717, 1.165) is 25.7 Å². The lowest BCUT2D eigenvalue weighted by atomic mass is 10.1. The maximum absolute atomic E-state index is 11.8. The van der Waals surface area contributed by atoms with Crippen LogP contribution in [-0.2, 0) is 14.4 Å². The molecule has 0 aromatic heterocycles. The third kappa shape index (κ3) is 6.84. The number of amides is 2. The topological polar surface area (TPSA) is 95.5 Å². The van der Waals surface area contributed by atoms with E-state index < -0.39 is 12.0 Å². The number of hydrogen-bond donors (Lipinski definition) is 3. The van der Waals surface area contributed by atoms with Gasteiger partial charge in [0.15, 0.2) is 0 Å². The van der Waals surface area contributed by atoms with E-state index in [9.17, 15) is 14.4 Å². The van der Waals surface area contributed by atoms with E-state index in [1.54, 1.807) is 0 Å². The second-order valence-electron chi connectivity index (χ2n) is 5.26. The number of nitrogens with one attached hydrogen (secondary N) is 2. The third-order valence-electron chi connectivity index (χ3n) is 3.62. The van der Waals surface area contributed by atoms with Crippen LogP contribution in [0.4, 0.5) is 0 Å². The van der Waals surface area contributed by atoms with Crippen LogP contribution in [0.25, 0.3) is 0 Å². The van der Waals surface area contributed by atoms with Crippen LogP contribution < -0.4 is 10.6 Å². The molecule has 1 aliphatic rings. The second kappa shape index (κ2) is 9.65. The Morgan fingerprint density at radius 3 is 2.52 bits per heavy atom. The molecule has 1 fully saturated rings. The highest BCUT2D eigenvalue weighted by Crippen LogP contribution is 2.24. The van der Waals surface area contributed by atoms with Gasteiger partial charge in [-0.1, -0.05) is 12.8 Å². The molecule has 0 aliphatic heterocycles. The van der Waals surface area contributed by atoms with Crippen molar-refractivity contribution in [3.8, 4) is 0 Å². The lowest BCUT2D eigenvalue weighted by Gasteiger charge is -2.14. The zero-order valence-electron chi connectivity index (χ0n) is 12.4. The van der Waals surface area contributed by atoms with Crippen LogP contribution in [-0.4, -0.2) is 47.5 Å². The molecule has 0 spiro atoms. The maximum Gasteiger partial charge on any atom is 0.326 e. The molecule has 0 heterocycles. The molecule has 0 saturated heterocycles. The van der Waals surface area contributed by atoms with Crippen molar-refractivity contribution in [1.29, 1.82) is 0 Å². The van der Waals surface area contributed by atoms with Gasteiger partial charge >= 0.3 is 5.97 Å². The van der Waals surface area contributed by atoms with Crippen molar-refractivity contribution in [1.82, 2.24) is 10.6 Å². The summed E-state index contributed by atoms with van der Waals surface area (Å²) in [6.07, 6.45) is 6.43. The Labute approximate surface area is 129 Å². The standard InChI is InChI=1S/C14H24N2O4S/c1-21-9-7-11(14(19)20)16-12(17)6-8-15-13(18)10-4-2-3-5-10/h10-11H,2-9H2,1H3,(H,15,18)(H,16,17)(H,19,20)/t11-/m1/s1. The number of rotatable bonds is 9. The van der Waals surface area contributed by atoms with Crippen molar-refractivity contribution in [3.05, 3.63) is 0 Å². The third-order valence-corrected chi connectivity index (χ3v) is 4.27. The molecule has 7 heteroatoms. The first-order valence-corrected chi connectivity index (χ1v) is 8.72. The molecular weight excluding hydrogens is 292 g/mol. The van der Waals surface area contributed by atoms with E-state index in [-0.39, 0.29) is 30.7 Å². The molecule has 2 amide bonds. The Balaban J connectivity index is 2.22. The van der Waals surface area contributed by atoms with Crippen molar-refractivity contribution in [2.75, 3.05) is 18.6 Å². The molecular formula is C14H24N2O4S. The minimum absolute atomic E-state index is 0.0115. The molecule has 0 bridgehead atoms. The predicted octanol–water partition coefficient (Wildman–Crippen LogP) is 1.01. The van der Waals surface area contributed by atoms with Gasteiger partial charge in [-0.3, -0.25) is 9.59 Å². The lowest BCUT2D eigenvalue weighted by molar-refractivity contribution is -0.141. The minimum Gasteiger partial charge on any atom is -0.480 e. The van der Waals surface area contributed by atoms with Gasteiger partial charge in [0.25, 0.3) is 0 Å². The predicted molar refractivity (Wildman–Crippen MR) is 82.2 cm³/mol. The summed E-state index contributed by atoms with van der Waals surface area (Å²) in [7, 11) is 0. The number of carboxylic acid groups (broad SMARTS) is 1. The minimum atomic E-state index is -1.02. The van der Waals surface area contributed by atoms with E-state index in [1.807, 2.05) is 6.26 Å². The van der Waals surface area contributed by atoms with Crippen molar-refractivity contribution >= 4 is 29.5 Å². The molecule has 0 aromatic carbocycles. The van der Waals surface area contributed by atoms with E-state index in [4.69, 9.17) is 5.11 Å². The van der Waals surface area contributed by atoms with Gasteiger partial charge in [0, 0.05) is 18.9 Å². The van der Waals surface area contributed by atoms with Crippen molar-refractivity contribution in [3.63, 3.8) is 0 Å². The highest BCUT2D eigenvalue weighted by atomic mass is 32.2. The summed E-state index contributed by atoms with van der Waals surface area (Å²) < 4.78 is 0. The first kappa shape index (κ1) is 17.8. The molecule has 0 radical (unpaired) electrons. The van der Waals surface area contributed by atoms with E-state index in [1.165, 1.54) is 11.8 Å². The van der Waals surface area contributed by atoms with E-state index >= 15 is 0 Å². The van der Waals surface area contributed by atoms with E-state index in [2.05, 4.69) is 10.6 Å². The SMILES string of the molecule is CSCC[C@@H](NC(=O)CCNC(=O)C1CCCC1)C(=O)O. The lowest BCUT2D eigenvalue weighted by Crippen LogP contribution is -2.42. The number of carboxylic acids is 1. The van der Waals surface area contributed by atoms with Gasteiger partial charge in [0.1, 0.15) is 6.04 Å². The zero-order valence-corrected chi connectivity index (χ0v) is 13.2. The first-order chi connectivity index (χ1) is 10.0. The molecule has 120 valence electrons. The molecule has 0 unspecified atom stereocenters. The van der Waals surface area contributed by atoms with Crippen LogP contribution in [0.1, 0.15) is 38.5 Å². The van der Waals surface area contributed by atoms with Crippen molar-refractivity contribution < 1.29 is 19.5 Å². The average molecular weight is 316 g/mol. The van der Waals surface area contributed by atoms with Crippen LogP contribution in [0.2, 0.25) is 0 Å². The van der Waals surface area contributed by atoms with Crippen LogP contribution >= 0.6 is 11.8 Å². The summed E-state index contributed by atoms with van der Waals surface area (Å²) in [5.41, 5.74) is 0. The van der Waals surface area contributed by atoms with Gasteiger partial charge in [0.2, 0.25) is 11.8 Å². The Morgan fingerprint density at radius 2 is 1.95 bits per heavy atom. The van der Waals surface area contributed by atoms with Gasteiger partial charge in [-0.2, -0.15) is 11.8 Å². The van der Waals surface area contributed by atoms with Gasteiger partial charge < -0.3 is 15.7 Å². The van der Waals surface area contributed by atoms with Crippen LogP contribution in [0.5, 0.6) is 0 Å². The Hall–Kier alpha value is -1.24. The summed E-state index contributed by atoms with van der Waals surface area (Å²) in [5, 5.41) is 14.3. The molecule has 21 heavy (non-hydrogen) atoms. The highest BCUT2D eigenvalue weighted by molar-refractivity contribution is 7.98. The number of aliphatic carboxylic acids is 1. The Bertz CT molecular complexity index is 370. The molecule has 6 nitrogen and oxygen atoms in total. The van der Waals surface area contributed by atoms with Gasteiger partial charge in [-0.05, 0) is 31.3 Å². The van der Waals surface area contributed by atoms with Gasteiger partial charge in [-0.25, -0.2) is 4.79 Å². The van der Waals surface area contributed by atoms with Crippen LogP contribution in [0.15, 0.2) is 0 Å². The fourth-order valence-electron chi connectivity index (χ4n) is 2.39. The quantitative estimate of drug-likeness (QED) is 0.590. The maximum atomic E-state index is 11.8. The van der Waals surface area contributed by atoms with E-state index in [0.29, 0.717) is 12.2 Å². The summed E-state index contributed by atoms with van der Waals surface area (Å²) in [6, 6.07) is -0.851. The zero-order chi connectivity index (χ0) is 15.7. The van der Waals surface area contributed by atoms with Crippen LogP contribution in [0.3, 0.4) is 0 Å². The average Bonchev–Trinajstić information content (AvgIpc) is 2.97. The summed E-state index contributed by atoms with van der Waals surface area (Å²) in [4.78, 5) is 34.5. The molecule has 3 N–H and O–H groups in total. The number of hydrogen-bond acceptors (Lipinski definition) is 4. The monoisotopic (exact) mass is 316 g/mol. The van der Waals surface area contributed by atoms with Gasteiger partial charge in [-0.15, -0.1) is 0 Å². The Kier molecular flexibility index (Phi) is 8.19. The summed E-state index contributed by atoms with van der Waals surface area (Å²) in [5.74, 6) is -0.586. The second-order valence-corrected chi connectivity index (χ2v) is 6.25. The molecule has 1 saturated carbocycles.